The number of nitrogens with zero attached hydrogens (tertiary/aromatic N) is 3. The Labute approximate surface area is 171 Å². The summed E-state index contributed by atoms with van der Waals surface area (Å²) < 4.78 is 25.0. The Morgan fingerprint density at radius 2 is 2.04 bits per heavy atom. The Morgan fingerprint density at radius 1 is 1.21 bits per heavy atom. The fourth-order valence-corrected chi connectivity index (χ4v) is 6.18. The standard InChI is InChI=1S/C18H18N4O3S3/c23-16(19-13-8-10-28(24,25)12-13)11-27-18-21-20-17(15-7-4-9-26-15)22(18)14-5-2-1-3-6-14/h1-7,9,13H,8,10-12H2,(H,19,23). The first kappa shape index (κ1) is 19.2. The number of thioether (sulfide) groups is 1. The molecular weight excluding hydrogens is 416 g/mol. The van der Waals surface area contributed by atoms with E-state index in [1.807, 2.05) is 52.4 Å². The van der Waals surface area contributed by atoms with Crippen molar-refractivity contribution in [1.82, 2.24) is 20.1 Å². The maximum absolute atomic E-state index is 12.3. The lowest BCUT2D eigenvalue weighted by Crippen LogP contribution is -2.36. The first-order valence-corrected chi connectivity index (χ1v) is 12.4. The van der Waals surface area contributed by atoms with Gasteiger partial charge in [-0.3, -0.25) is 9.36 Å². The van der Waals surface area contributed by atoms with Crippen LogP contribution < -0.4 is 5.32 Å². The van der Waals surface area contributed by atoms with E-state index in [0.29, 0.717) is 11.6 Å². The van der Waals surface area contributed by atoms with Crippen LogP contribution in [0.5, 0.6) is 0 Å². The van der Waals surface area contributed by atoms with E-state index in [1.54, 1.807) is 11.3 Å². The van der Waals surface area contributed by atoms with Crippen LogP contribution in [0.2, 0.25) is 0 Å². The van der Waals surface area contributed by atoms with Gasteiger partial charge in [-0.25, -0.2) is 8.42 Å². The highest BCUT2D eigenvalue weighted by Crippen LogP contribution is 2.30. The van der Waals surface area contributed by atoms with Gasteiger partial charge in [-0.05, 0) is 30.0 Å². The molecule has 10 heteroatoms. The van der Waals surface area contributed by atoms with Crippen molar-refractivity contribution in [3.63, 3.8) is 0 Å². The van der Waals surface area contributed by atoms with Gasteiger partial charge in [0.2, 0.25) is 5.91 Å². The van der Waals surface area contributed by atoms with E-state index in [9.17, 15) is 13.2 Å². The first-order chi connectivity index (χ1) is 13.5. The van der Waals surface area contributed by atoms with Crippen molar-refractivity contribution in [1.29, 1.82) is 0 Å². The van der Waals surface area contributed by atoms with Crippen LogP contribution in [-0.4, -0.2) is 52.4 Å². The molecule has 3 aromatic rings. The summed E-state index contributed by atoms with van der Waals surface area (Å²) in [4.78, 5) is 13.3. The van der Waals surface area contributed by atoms with E-state index in [0.717, 1.165) is 16.4 Å². The minimum absolute atomic E-state index is 0.0200. The highest BCUT2D eigenvalue weighted by Gasteiger charge is 2.29. The van der Waals surface area contributed by atoms with Crippen LogP contribution in [0.25, 0.3) is 16.4 Å². The number of para-hydroxylation sites is 1. The van der Waals surface area contributed by atoms with Crippen molar-refractivity contribution in [3.05, 3.63) is 47.8 Å². The van der Waals surface area contributed by atoms with E-state index in [1.165, 1.54) is 11.8 Å². The van der Waals surface area contributed by atoms with Crippen LogP contribution in [0.1, 0.15) is 6.42 Å². The minimum Gasteiger partial charge on any atom is -0.352 e. The van der Waals surface area contributed by atoms with Crippen molar-refractivity contribution in [3.8, 4) is 16.4 Å². The van der Waals surface area contributed by atoms with E-state index in [2.05, 4.69) is 15.5 Å². The normalized spacial score (nSPS) is 18.2. The molecule has 1 amide bonds. The maximum atomic E-state index is 12.3. The highest BCUT2D eigenvalue weighted by atomic mass is 32.2. The first-order valence-electron chi connectivity index (χ1n) is 8.69. The van der Waals surface area contributed by atoms with Gasteiger partial charge >= 0.3 is 0 Å². The van der Waals surface area contributed by atoms with Crippen LogP contribution in [-0.2, 0) is 14.6 Å². The largest absolute Gasteiger partial charge is 0.352 e. The molecule has 7 nitrogen and oxygen atoms in total. The van der Waals surface area contributed by atoms with Crippen molar-refractivity contribution in [2.24, 2.45) is 0 Å². The third-order valence-electron chi connectivity index (χ3n) is 4.32. The summed E-state index contributed by atoms with van der Waals surface area (Å²) in [5, 5.41) is 14.0. The molecule has 1 atom stereocenters. The molecule has 0 spiro atoms. The summed E-state index contributed by atoms with van der Waals surface area (Å²) in [5.74, 6) is 0.828. The molecule has 1 N–H and O–H groups in total. The predicted molar refractivity (Wildman–Crippen MR) is 111 cm³/mol. The number of benzene rings is 1. The highest BCUT2D eigenvalue weighted by molar-refractivity contribution is 7.99. The Hall–Kier alpha value is -2.17. The average Bonchev–Trinajstić information content (AvgIpc) is 3.40. The molecule has 1 aromatic carbocycles. The maximum Gasteiger partial charge on any atom is 0.230 e. The number of carbonyl (C=O) groups is 1. The average molecular weight is 435 g/mol. The number of thiophene rings is 1. The molecule has 146 valence electrons. The Kier molecular flexibility index (Phi) is 5.51. The molecule has 1 saturated heterocycles. The van der Waals surface area contributed by atoms with Gasteiger partial charge in [0.1, 0.15) is 0 Å². The number of hydrogen-bond acceptors (Lipinski definition) is 7. The van der Waals surface area contributed by atoms with E-state index >= 15 is 0 Å². The molecule has 0 aliphatic carbocycles. The number of rotatable bonds is 6. The zero-order chi connectivity index (χ0) is 19.6. The molecule has 1 fully saturated rings. The second-order valence-electron chi connectivity index (χ2n) is 6.41. The number of carbonyl (C=O) groups excluding carboxylic acids is 1. The number of hydrogen-bond donors (Lipinski definition) is 1. The molecular formula is C18H18N4O3S3. The van der Waals surface area contributed by atoms with Crippen LogP contribution in [0, 0.1) is 0 Å². The molecule has 1 aliphatic rings. The van der Waals surface area contributed by atoms with Crippen molar-refractivity contribution >= 4 is 38.8 Å². The lowest BCUT2D eigenvalue weighted by atomic mass is 10.3. The summed E-state index contributed by atoms with van der Waals surface area (Å²) in [6, 6.07) is 13.4. The monoisotopic (exact) mass is 434 g/mol. The van der Waals surface area contributed by atoms with Gasteiger partial charge in [0.05, 0.1) is 22.1 Å². The molecule has 2 aromatic heterocycles. The minimum atomic E-state index is -3.02. The third kappa shape index (κ3) is 4.29. The molecule has 4 rings (SSSR count). The lowest BCUT2D eigenvalue weighted by molar-refractivity contribution is -0.119. The molecule has 1 unspecified atom stereocenters. The van der Waals surface area contributed by atoms with Gasteiger partial charge in [-0.1, -0.05) is 36.0 Å². The van der Waals surface area contributed by atoms with Gasteiger partial charge in [-0.15, -0.1) is 21.5 Å². The number of nitrogens with one attached hydrogen (secondary N) is 1. The predicted octanol–water partition coefficient (Wildman–Crippen LogP) is 2.39. The van der Waals surface area contributed by atoms with E-state index in [4.69, 9.17) is 0 Å². The number of amides is 1. The van der Waals surface area contributed by atoms with Crippen molar-refractivity contribution in [2.45, 2.75) is 17.6 Å². The number of aromatic nitrogens is 3. The summed E-state index contributed by atoms with van der Waals surface area (Å²) >= 11 is 2.86. The molecule has 0 bridgehead atoms. The molecule has 0 saturated carbocycles. The van der Waals surface area contributed by atoms with Crippen LogP contribution >= 0.6 is 23.1 Å². The topological polar surface area (TPSA) is 93.9 Å². The quantitative estimate of drug-likeness (QED) is 0.599. The van der Waals surface area contributed by atoms with Gasteiger partial charge in [-0.2, -0.15) is 0 Å². The summed E-state index contributed by atoms with van der Waals surface area (Å²) in [6.07, 6.45) is 0.474. The smallest absolute Gasteiger partial charge is 0.230 e. The molecule has 0 radical (unpaired) electrons. The van der Waals surface area contributed by atoms with Crippen molar-refractivity contribution in [2.75, 3.05) is 17.3 Å². The fourth-order valence-electron chi connectivity index (χ4n) is 3.05. The zero-order valence-corrected chi connectivity index (χ0v) is 17.3. The fraction of sp³-hybridized carbons (Fsp3) is 0.278. The van der Waals surface area contributed by atoms with Gasteiger partial charge in [0.15, 0.2) is 20.8 Å². The summed E-state index contributed by atoms with van der Waals surface area (Å²) in [7, 11) is -3.02. The Bertz CT molecular complexity index is 1060. The SMILES string of the molecule is O=C(CSc1nnc(-c2cccs2)n1-c1ccccc1)NC1CCS(=O)(=O)C1. The van der Waals surface area contributed by atoms with Crippen LogP contribution in [0.15, 0.2) is 53.0 Å². The van der Waals surface area contributed by atoms with Crippen molar-refractivity contribution < 1.29 is 13.2 Å². The zero-order valence-electron chi connectivity index (χ0n) is 14.8. The lowest BCUT2D eigenvalue weighted by Gasteiger charge is -2.11. The Balaban J connectivity index is 1.51. The number of sulfone groups is 1. The van der Waals surface area contributed by atoms with E-state index in [-0.39, 0.29) is 29.2 Å². The van der Waals surface area contributed by atoms with Gasteiger partial charge < -0.3 is 5.32 Å². The second kappa shape index (κ2) is 8.06. The van der Waals surface area contributed by atoms with E-state index < -0.39 is 9.84 Å². The summed E-state index contributed by atoms with van der Waals surface area (Å²) in [6.45, 7) is 0. The van der Waals surface area contributed by atoms with Crippen LogP contribution in [0.4, 0.5) is 0 Å². The Morgan fingerprint density at radius 3 is 2.71 bits per heavy atom. The molecule has 3 heterocycles. The van der Waals surface area contributed by atoms with Gasteiger partial charge in [0, 0.05) is 11.7 Å². The van der Waals surface area contributed by atoms with Gasteiger partial charge in [0.25, 0.3) is 0 Å². The molecule has 1 aliphatic heterocycles. The van der Waals surface area contributed by atoms with Crippen LogP contribution in [0.3, 0.4) is 0 Å². The molecule has 28 heavy (non-hydrogen) atoms. The summed E-state index contributed by atoms with van der Waals surface area (Å²) in [5.41, 5.74) is 0.917. The second-order valence-corrected chi connectivity index (χ2v) is 10.5. The third-order valence-corrected chi connectivity index (χ3v) is 7.88.